The quantitative estimate of drug-likeness (QED) is 0.506. The molecule has 0 fully saturated rings. The molecule has 1 aromatic carbocycles. The third-order valence-electron chi connectivity index (χ3n) is 3.76. The molecule has 5 heteroatoms. The van der Waals surface area contributed by atoms with Crippen LogP contribution >= 0.6 is 34.2 Å². The number of rotatable bonds is 3. The number of aromatic nitrogens is 2. The number of aryl methyl sites for hydroxylation is 1. The summed E-state index contributed by atoms with van der Waals surface area (Å²) in [6, 6.07) is 3.60. The fourth-order valence-corrected chi connectivity index (χ4v) is 2.84. The minimum absolute atomic E-state index is 0.0637. The number of benzene rings is 1. The molecule has 2 aromatic rings. The van der Waals surface area contributed by atoms with Crippen molar-refractivity contribution in [1.29, 1.82) is 0 Å². The van der Waals surface area contributed by atoms with E-state index in [2.05, 4.69) is 37.2 Å². The van der Waals surface area contributed by atoms with Gasteiger partial charge in [0.15, 0.2) is 0 Å². The summed E-state index contributed by atoms with van der Waals surface area (Å²) in [7, 11) is 0. The normalized spacial score (nSPS) is 13.9. The highest BCUT2D eigenvalue weighted by atomic mass is 127. The second-order valence-electron chi connectivity index (χ2n) is 6.13. The maximum atomic E-state index is 13.9. The van der Waals surface area contributed by atoms with E-state index in [0.717, 1.165) is 16.9 Å². The standard InChI is InChI=1S/C15H19ClFIN2/c1-9(15(2,3)4)20-13-7-10(17)11(18)8-12(13)19-14(20)5-6-16/h7-9H,5-6H2,1-4H3. The highest BCUT2D eigenvalue weighted by Gasteiger charge is 2.26. The Morgan fingerprint density at radius 3 is 2.60 bits per heavy atom. The highest BCUT2D eigenvalue weighted by Crippen LogP contribution is 2.35. The van der Waals surface area contributed by atoms with Gasteiger partial charge in [-0.1, -0.05) is 20.8 Å². The Hall–Kier alpha value is -0.360. The summed E-state index contributed by atoms with van der Waals surface area (Å²) in [5.74, 6) is 1.25. The molecule has 2 nitrogen and oxygen atoms in total. The summed E-state index contributed by atoms with van der Waals surface area (Å²) < 4.78 is 16.6. The van der Waals surface area contributed by atoms with E-state index in [0.29, 0.717) is 15.9 Å². The van der Waals surface area contributed by atoms with Crippen LogP contribution in [-0.2, 0) is 6.42 Å². The smallest absolute Gasteiger partial charge is 0.138 e. The Bertz CT molecular complexity index is 631. The van der Waals surface area contributed by atoms with E-state index >= 15 is 0 Å². The summed E-state index contributed by atoms with van der Waals surface area (Å²) in [5, 5.41) is 0. The van der Waals surface area contributed by atoms with Gasteiger partial charge in [-0.2, -0.15) is 0 Å². The fraction of sp³-hybridized carbons (Fsp3) is 0.533. The van der Waals surface area contributed by atoms with Gasteiger partial charge in [0, 0.05) is 24.4 Å². The average molecular weight is 409 g/mol. The zero-order valence-electron chi connectivity index (χ0n) is 12.2. The second-order valence-corrected chi connectivity index (χ2v) is 7.67. The van der Waals surface area contributed by atoms with Gasteiger partial charge in [0.1, 0.15) is 11.6 Å². The molecular weight excluding hydrogens is 390 g/mol. The molecule has 0 aliphatic rings. The molecule has 1 unspecified atom stereocenters. The summed E-state index contributed by atoms with van der Waals surface area (Å²) in [6.45, 7) is 8.68. The second kappa shape index (κ2) is 5.79. The molecule has 1 aromatic heterocycles. The Morgan fingerprint density at radius 1 is 1.40 bits per heavy atom. The Balaban J connectivity index is 2.71. The monoisotopic (exact) mass is 408 g/mol. The van der Waals surface area contributed by atoms with Gasteiger partial charge >= 0.3 is 0 Å². The molecule has 0 spiro atoms. The van der Waals surface area contributed by atoms with Crippen LogP contribution in [0.15, 0.2) is 12.1 Å². The molecule has 0 aliphatic carbocycles. The van der Waals surface area contributed by atoms with Crippen molar-refractivity contribution in [2.45, 2.75) is 40.2 Å². The lowest BCUT2D eigenvalue weighted by molar-refractivity contribution is 0.263. The summed E-state index contributed by atoms with van der Waals surface area (Å²) >= 11 is 7.89. The van der Waals surface area contributed by atoms with Gasteiger partial charge in [-0.25, -0.2) is 9.37 Å². The van der Waals surface area contributed by atoms with E-state index in [1.54, 1.807) is 12.1 Å². The first-order valence-electron chi connectivity index (χ1n) is 6.67. The van der Waals surface area contributed by atoms with Crippen LogP contribution < -0.4 is 0 Å². The van der Waals surface area contributed by atoms with Crippen molar-refractivity contribution in [3.63, 3.8) is 0 Å². The molecule has 0 aliphatic heterocycles. The van der Waals surface area contributed by atoms with Gasteiger partial charge in [-0.3, -0.25) is 0 Å². The van der Waals surface area contributed by atoms with Crippen LogP contribution in [0.3, 0.4) is 0 Å². The van der Waals surface area contributed by atoms with E-state index in [1.807, 2.05) is 22.6 Å². The van der Waals surface area contributed by atoms with Gasteiger partial charge in [0.2, 0.25) is 0 Å². The van der Waals surface area contributed by atoms with Crippen molar-refractivity contribution in [3.8, 4) is 0 Å². The van der Waals surface area contributed by atoms with E-state index in [9.17, 15) is 4.39 Å². The maximum Gasteiger partial charge on any atom is 0.138 e. The number of halogens is 3. The van der Waals surface area contributed by atoms with E-state index < -0.39 is 0 Å². The van der Waals surface area contributed by atoms with Gasteiger partial charge in [-0.05, 0) is 41.0 Å². The zero-order chi connectivity index (χ0) is 15.1. The largest absolute Gasteiger partial charge is 0.324 e. The van der Waals surface area contributed by atoms with Crippen LogP contribution in [0.1, 0.15) is 39.6 Å². The molecule has 0 N–H and O–H groups in total. The first kappa shape index (κ1) is 16.0. The van der Waals surface area contributed by atoms with Crippen molar-refractivity contribution in [3.05, 3.63) is 27.3 Å². The first-order valence-corrected chi connectivity index (χ1v) is 8.29. The van der Waals surface area contributed by atoms with Crippen LogP contribution in [0.25, 0.3) is 11.0 Å². The van der Waals surface area contributed by atoms with Gasteiger partial charge in [-0.15, -0.1) is 11.6 Å². The lowest BCUT2D eigenvalue weighted by atomic mass is 9.87. The average Bonchev–Trinajstić information content (AvgIpc) is 2.65. The van der Waals surface area contributed by atoms with Crippen molar-refractivity contribution < 1.29 is 4.39 Å². The number of fused-ring (bicyclic) bond motifs is 1. The van der Waals surface area contributed by atoms with Gasteiger partial charge < -0.3 is 4.57 Å². The van der Waals surface area contributed by atoms with Crippen LogP contribution in [0.5, 0.6) is 0 Å². The predicted octanol–water partition coefficient (Wildman–Crippen LogP) is 5.17. The zero-order valence-corrected chi connectivity index (χ0v) is 15.1. The number of alkyl halides is 1. The Morgan fingerprint density at radius 2 is 2.05 bits per heavy atom. The fourth-order valence-electron chi connectivity index (χ4n) is 2.22. The van der Waals surface area contributed by atoms with Gasteiger partial charge in [0.25, 0.3) is 0 Å². The number of imidazole rings is 1. The Kier molecular flexibility index (Phi) is 4.64. The van der Waals surface area contributed by atoms with Crippen LogP contribution in [0.2, 0.25) is 0 Å². The molecule has 0 amide bonds. The molecule has 1 atom stereocenters. The topological polar surface area (TPSA) is 17.8 Å². The number of hydrogen-bond acceptors (Lipinski definition) is 1. The van der Waals surface area contributed by atoms with Crippen molar-refractivity contribution in [1.82, 2.24) is 9.55 Å². The minimum Gasteiger partial charge on any atom is -0.324 e. The Labute approximate surface area is 137 Å². The van der Waals surface area contributed by atoms with E-state index in [4.69, 9.17) is 11.6 Å². The molecule has 1 heterocycles. The van der Waals surface area contributed by atoms with E-state index in [1.165, 1.54) is 0 Å². The minimum atomic E-state index is -0.196. The third-order valence-corrected chi connectivity index (χ3v) is 4.78. The van der Waals surface area contributed by atoms with E-state index in [-0.39, 0.29) is 17.3 Å². The lowest BCUT2D eigenvalue weighted by Crippen LogP contribution is -2.23. The van der Waals surface area contributed by atoms with Crippen molar-refractivity contribution >= 4 is 45.2 Å². The SMILES string of the molecule is CC(n1c(CCCl)nc2cc(I)c(F)cc21)C(C)(C)C. The summed E-state index contributed by atoms with van der Waals surface area (Å²) in [4.78, 5) is 4.65. The summed E-state index contributed by atoms with van der Waals surface area (Å²) in [6.07, 6.45) is 0.689. The summed E-state index contributed by atoms with van der Waals surface area (Å²) in [5.41, 5.74) is 1.76. The molecule has 0 saturated carbocycles. The highest BCUT2D eigenvalue weighted by molar-refractivity contribution is 14.1. The molecule has 0 bridgehead atoms. The molecule has 0 radical (unpaired) electrons. The molecule has 2 rings (SSSR count). The van der Waals surface area contributed by atoms with Crippen LogP contribution in [0, 0.1) is 14.8 Å². The lowest BCUT2D eigenvalue weighted by Gasteiger charge is -2.30. The predicted molar refractivity (Wildman–Crippen MR) is 91.0 cm³/mol. The molecule has 0 saturated heterocycles. The first-order chi connectivity index (χ1) is 9.25. The molecule has 110 valence electrons. The molecular formula is C15H19ClFIN2. The van der Waals surface area contributed by atoms with Crippen molar-refractivity contribution in [2.75, 3.05) is 5.88 Å². The third kappa shape index (κ3) is 2.96. The molecule has 20 heavy (non-hydrogen) atoms. The maximum absolute atomic E-state index is 13.9. The van der Waals surface area contributed by atoms with Crippen LogP contribution in [-0.4, -0.2) is 15.4 Å². The number of hydrogen-bond donors (Lipinski definition) is 0. The van der Waals surface area contributed by atoms with Crippen molar-refractivity contribution in [2.24, 2.45) is 5.41 Å². The number of nitrogens with zero attached hydrogens (tertiary/aromatic N) is 2. The van der Waals surface area contributed by atoms with Gasteiger partial charge in [0.05, 0.1) is 14.6 Å². The van der Waals surface area contributed by atoms with Crippen LogP contribution in [0.4, 0.5) is 4.39 Å².